The number of thiophene rings is 1. The van der Waals surface area contributed by atoms with Gasteiger partial charge < -0.3 is 10.1 Å². The highest BCUT2D eigenvalue weighted by Gasteiger charge is 2.17. The number of aryl methyl sites for hydroxylation is 1. The van der Waals surface area contributed by atoms with Gasteiger partial charge >= 0.3 is 0 Å². The summed E-state index contributed by atoms with van der Waals surface area (Å²) in [6.07, 6.45) is 0. The molecule has 108 valence electrons. The van der Waals surface area contributed by atoms with E-state index in [-0.39, 0.29) is 6.04 Å². The van der Waals surface area contributed by atoms with Gasteiger partial charge in [-0.2, -0.15) is 11.3 Å². The topological polar surface area (TPSA) is 21.3 Å². The Morgan fingerprint density at radius 1 is 1.30 bits per heavy atom. The third kappa shape index (κ3) is 3.43. The van der Waals surface area contributed by atoms with Gasteiger partial charge in [0.1, 0.15) is 5.75 Å². The molecule has 1 unspecified atom stereocenters. The quantitative estimate of drug-likeness (QED) is 0.795. The summed E-state index contributed by atoms with van der Waals surface area (Å²) in [5.41, 5.74) is 3.95. The van der Waals surface area contributed by atoms with Crippen LogP contribution in [-0.2, 0) is 0 Å². The lowest BCUT2D eigenvalue weighted by Gasteiger charge is -2.20. The van der Waals surface area contributed by atoms with Crippen molar-refractivity contribution in [3.05, 3.63) is 50.1 Å². The summed E-state index contributed by atoms with van der Waals surface area (Å²) in [7, 11) is 0. The molecule has 1 aromatic heterocycles. The minimum atomic E-state index is 0.234. The Morgan fingerprint density at radius 3 is 2.65 bits per heavy atom. The number of halogens is 1. The summed E-state index contributed by atoms with van der Waals surface area (Å²) in [6.45, 7) is 7.91. The Bertz CT molecular complexity index is 567. The van der Waals surface area contributed by atoms with Crippen LogP contribution >= 0.6 is 27.3 Å². The Morgan fingerprint density at radius 2 is 2.10 bits per heavy atom. The second-order valence-electron chi connectivity index (χ2n) is 4.62. The fourth-order valence-electron chi connectivity index (χ4n) is 2.25. The Balaban J connectivity index is 2.35. The van der Waals surface area contributed by atoms with Crippen LogP contribution in [0.2, 0.25) is 0 Å². The lowest BCUT2D eigenvalue weighted by atomic mass is 9.98. The zero-order valence-corrected chi connectivity index (χ0v) is 14.5. The second kappa shape index (κ2) is 7.25. The largest absolute Gasteiger partial charge is 0.493 e. The maximum Gasteiger partial charge on any atom is 0.133 e. The van der Waals surface area contributed by atoms with Crippen LogP contribution in [0.25, 0.3) is 0 Å². The normalized spacial score (nSPS) is 12.4. The molecule has 2 aromatic rings. The third-order valence-electron chi connectivity index (χ3n) is 3.20. The van der Waals surface area contributed by atoms with Crippen LogP contribution < -0.4 is 10.1 Å². The highest BCUT2D eigenvalue weighted by molar-refractivity contribution is 9.10. The zero-order valence-electron chi connectivity index (χ0n) is 12.1. The van der Waals surface area contributed by atoms with E-state index in [1.165, 1.54) is 16.7 Å². The molecular formula is C16H20BrNOS. The van der Waals surface area contributed by atoms with Crippen LogP contribution in [0.3, 0.4) is 0 Å². The average molecular weight is 354 g/mol. The maximum atomic E-state index is 5.58. The molecule has 4 heteroatoms. The van der Waals surface area contributed by atoms with Crippen molar-refractivity contribution in [2.24, 2.45) is 0 Å². The van der Waals surface area contributed by atoms with E-state index in [0.717, 1.165) is 16.8 Å². The first-order valence-corrected chi connectivity index (χ1v) is 8.59. The van der Waals surface area contributed by atoms with Gasteiger partial charge in [-0.3, -0.25) is 0 Å². The monoisotopic (exact) mass is 353 g/mol. The lowest BCUT2D eigenvalue weighted by Crippen LogP contribution is -2.22. The lowest BCUT2D eigenvalue weighted by molar-refractivity contribution is 0.338. The molecule has 1 heterocycles. The average Bonchev–Trinajstić information content (AvgIpc) is 2.85. The van der Waals surface area contributed by atoms with Gasteiger partial charge in [-0.1, -0.05) is 13.0 Å². The van der Waals surface area contributed by atoms with Gasteiger partial charge in [0.2, 0.25) is 0 Å². The van der Waals surface area contributed by atoms with Crippen molar-refractivity contribution in [3.63, 3.8) is 0 Å². The molecule has 0 aliphatic rings. The highest BCUT2D eigenvalue weighted by Crippen LogP contribution is 2.33. The minimum absolute atomic E-state index is 0.234. The van der Waals surface area contributed by atoms with Crippen LogP contribution in [0.15, 0.2) is 33.4 Å². The van der Waals surface area contributed by atoms with E-state index in [1.807, 2.05) is 13.0 Å². The molecule has 0 bridgehead atoms. The molecule has 1 N–H and O–H groups in total. The zero-order chi connectivity index (χ0) is 14.5. The van der Waals surface area contributed by atoms with Crippen molar-refractivity contribution in [1.29, 1.82) is 0 Å². The highest BCUT2D eigenvalue weighted by atomic mass is 79.9. The van der Waals surface area contributed by atoms with Crippen LogP contribution in [0.5, 0.6) is 5.75 Å². The van der Waals surface area contributed by atoms with Crippen molar-refractivity contribution in [2.45, 2.75) is 26.8 Å². The first-order valence-electron chi connectivity index (χ1n) is 6.85. The molecule has 0 spiro atoms. The molecule has 0 fully saturated rings. The second-order valence-corrected chi connectivity index (χ2v) is 6.22. The molecule has 2 rings (SSSR count). The van der Waals surface area contributed by atoms with Crippen LogP contribution in [0.1, 0.15) is 36.6 Å². The molecule has 1 aromatic carbocycles. The smallest absolute Gasteiger partial charge is 0.133 e. The Hall–Kier alpha value is -0.840. The van der Waals surface area contributed by atoms with E-state index in [9.17, 15) is 0 Å². The molecule has 20 heavy (non-hydrogen) atoms. The summed E-state index contributed by atoms with van der Waals surface area (Å²) >= 11 is 5.35. The van der Waals surface area contributed by atoms with Gasteiger partial charge in [-0.25, -0.2) is 0 Å². The summed E-state index contributed by atoms with van der Waals surface area (Å²) < 4.78 is 6.59. The fraction of sp³-hybridized carbons (Fsp3) is 0.375. The summed E-state index contributed by atoms with van der Waals surface area (Å²) in [6, 6.07) is 6.56. The standard InChI is InChI=1S/C16H20BrNOS/c1-4-18-16(13-10-20-9-11(13)3)12-6-7-15(19-5-2)14(17)8-12/h6-10,16,18H,4-5H2,1-3H3. The molecule has 0 radical (unpaired) electrons. The first-order chi connectivity index (χ1) is 9.67. The van der Waals surface area contributed by atoms with Gasteiger partial charge in [-0.05, 0) is 75.9 Å². The number of nitrogens with one attached hydrogen (secondary N) is 1. The molecule has 0 saturated heterocycles. The number of benzene rings is 1. The molecule has 0 aliphatic heterocycles. The number of hydrogen-bond donors (Lipinski definition) is 1. The van der Waals surface area contributed by atoms with E-state index in [1.54, 1.807) is 11.3 Å². The molecule has 0 amide bonds. The summed E-state index contributed by atoms with van der Waals surface area (Å²) in [5, 5.41) is 7.99. The predicted molar refractivity (Wildman–Crippen MR) is 89.9 cm³/mol. The fourth-order valence-corrected chi connectivity index (χ4v) is 3.63. The van der Waals surface area contributed by atoms with Crippen molar-refractivity contribution in [3.8, 4) is 5.75 Å². The summed E-state index contributed by atoms with van der Waals surface area (Å²) in [5.74, 6) is 0.897. The SMILES string of the molecule is CCNC(c1ccc(OCC)c(Br)c1)c1cscc1C. The van der Waals surface area contributed by atoms with Gasteiger partial charge in [0, 0.05) is 0 Å². The molecule has 2 nitrogen and oxygen atoms in total. The van der Waals surface area contributed by atoms with Crippen LogP contribution in [-0.4, -0.2) is 13.2 Å². The molecular weight excluding hydrogens is 334 g/mol. The Labute approximate surface area is 133 Å². The van der Waals surface area contributed by atoms with Gasteiger partial charge in [0.05, 0.1) is 17.1 Å². The molecule has 1 atom stereocenters. The number of rotatable bonds is 6. The van der Waals surface area contributed by atoms with E-state index < -0.39 is 0 Å². The van der Waals surface area contributed by atoms with E-state index >= 15 is 0 Å². The van der Waals surface area contributed by atoms with Crippen molar-refractivity contribution in [2.75, 3.05) is 13.2 Å². The number of hydrogen-bond acceptors (Lipinski definition) is 3. The van der Waals surface area contributed by atoms with Crippen molar-refractivity contribution < 1.29 is 4.74 Å². The van der Waals surface area contributed by atoms with E-state index in [0.29, 0.717) is 6.61 Å². The predicted octanol–water partition coefficient (Wildman–Crippen LogP) is 4.92. The number of ether oxygens (including phenoxy) is 1. The van der Waals surface area contributed by atoms with Gasteiger partial charge in [0.25, 0.3) is 0 Å². The summed E-state index contributed by atoms with van der Waals surface area (Å²) in [4.78, 5) is 0. The van der Waals surface area contributed by atoms with Crippen LogP contribution in [0, 0.1) is 6.92 Å². The van der Waals surface area contributed by atoms with E-state index in [4.69, 9.17) is 4.74 Å². The first kappa shape index (κ1) is 15.5. The molecule has 0 aliphatic carbocycles. The maximum absolute atomic E-state index is 5.58. The van der Waals surface area contributed by atoms with Gasteiger partial charge in [0.15, 0.2) is 0 Å². The Kier molecular flexibility index (Phi) is 5.64. The molecule has 0 saturated carbocycles. The minimum Gasteiger partial charge on any atom is -0.493 e. The van der Waals surface area contributed by atoms with Crippen molar-refractivity contribution in [1.82, 2.24) is 5.32 Å². The van der Waals surface area contributed by atoms with Crippen LogP contribution in [0.4, 0.5) is 0 Å². The third-order valence-corrected chi connectivity index (χ3v) is 4.70. The van der Waals surface area contributed by atoms with Crippen molar-refractivity contribution >= 4 is 27.3 Å². The van der Waals surface area contributed by atoms with Gasteiger partial charge in [-0.15, -0.1) is 0 Å². The van der Waals surface area contributed by atoms with E-state index in [2.05, 4.69) is 58.0 Å².